The molecule has 4 amide bonds. The van der Waals surface area contributed by atoms with Gasteiger partial charge in [-0.15, -0.1) is 0 Å². The topological polar surface area (TPSA) is 248 Å². The van der Waals surface area contributed by atoms with Crippen molar-refractivity contribution >= 4 is 35.1 Å². The van der Waals surface area contributed by atoms with Gasteiger partial charge in [-0.3, -0.25) is 9.59 Å². The molecule has 5 rings (SSSR count). The normalized spacial score (nSPS) is 26.1. The molecule has 2 heterocycles. The number of anilines is 1. The molecule has 0 saturated carbocycles. The van der Waals surface area contributed by atoms with Crippen LogP contribution in [0.3, 0.4) is 0 Å². The summed E-state index contributed by atoms with van der Waals surface area (Å²) in [6.07, 6.45) is -24.5. The van der Waals surface area contributed by atoms with Crippen LogP contribution in [-0.4, -0.2) is 136 Å². The number of carbonyl (C=O) groups is 3. The molecule has 10 atom stereocenters. The Labute approximate surface area is 364 Å². The van der Waals surface area contributed by atoms with Gasteiger partial charge in [0.25, 0.3) is 5.91 Å². The fourth-order valence-electron chi connectivity index (χ4n) is 6.77. The van der Waals surface area contributed by atoms with Crippen LogP contribution in [0.2, 0.25) is 5.02 Å². The smallest absolute Gasteiger partial charge is 0.417 e. The highest BCUT2D eigenvalue weighted by molar-refractivity contribution is 6.31. The number of urea groups is 1. The van der Waals surface area contributed by atoms with E-state index in [2.05, 4.69) is 16.0 Å². The van der Waals surface area contributed by atoms with Crippen LogP contribution in [0.15, 0.2) is 60.7 Å². The molecule has 0 aliphatic carbocycles. The number of nitrogens with two attached hydrogens (primary N) is 1. The molecule has 0 radical (unpaired) electrons. The van der Waals surface area contributed by atoms with E-state index in [4.69, 9.17) is 55.2 Å². The summed E-state index contributed by atoms with van der Waals surface area (Å²) in [6, 6.07) is 5.58. The number of hydrogen-bond donors (Lipinski definition) is 7. The number of hydrogen-bond acceptors (Lipinski definition) is 14. The van der Waals surface area contributed by atoms with Crippen LogP contribution < -0.4 is 35.9 Å². The summed E-state index contributed by atoms with van der Waals surface area (Å²) in [5, 5.41) is 38.4. The number of benzene rings is 3. The molecule has 3 aromatic rings. The SMILES string of the molecule is COc1cccc(OC)c1OCCO[C@H]1O[C@H](C(N)=O)[C@@H](OC)[C@H](NC(=O)Nc2ccc(Cl)c(C(F)(F)F)c2)[C@H]1O[C@@H]1O[C@H](CO)[C@@H](O)[C@H](O)[C@H]1NC(=O)c1cccc(C(F)(F)F)c1. The van der Waals surface area contributed by atoms with Crippen LogP contribution >= 0.6 is 11.6 Å². The molecule has 2 aliphatic rings. The molecular formula is C39H43ClF6N4O14. The lowest BCUT2D eigenvalue weighted by Gasteiger charge is -2.48. The molecule has 3 aromatic carbocycles. The van der Waals surface area contributed by atoms with E-state index in [-0.39, 0.29) is 23.9 Å². The van der Waals surface area contributed by atoms with Gasteiger partial charge >= 0.3 is 18.4 Å². The van der Waals surface area contributed by atoms with E-state index in [9.17, 15) is 56.0 Å². The van der Waals surface area contributed by atoms with Crippen LogP contribution in [0, 0.1) is 0 Å². The lowest BCUT2D eigenvalue weighted by atomic mass is 9.93. The van der Waals surface area contributed by atoms with Crippen molar-refractivity contribution in [1.82, 2.24) is 10.6 Å². The van der Waals surface area contributed by atoms with Gasteiger partial charge in [-0.25, -0.2) is 4.79 Å². The number of rotatable bonds is 16. The maximum absolute atomic E-state index is 13.7. The minimum Gasteiger partial charge on any atom is -0.493 e. The first-order valence-corrected chi connectivity index (χ1v) is 19.2. The maximum Gasteiger partial charge on any atom is 0.417 e. The van der Waals surface area contributed by atoms with Gasteiger partial charge in [0, 0.05) is 18.4 Å². The number of para-hydroxylation sites is 1. The van der Waals surface area contributed by atoms with E-state index in [0.717, 1.165) is 31.4 Å². The number of halogens is 7. The van der Waals surface area contributed by atoms with E-state index in [1.54, 1.807) is 18.2 Å². The Morgan fingerprint density at radius 2 is 1.48 bits per heavy atom. The average molecular weight is 941 g/mol. The minimum atomic E-state index is -4.93. The lowest BCUT2D eigenvalue weighted by Crippen LogP contribution is -2.71. The Morgan fingerprint density at radius 1 is 0.812 bits per heavy atom. The first-order chi connectivity index (χ1) is 30.2. The third-order valence-corrected chi connectivity index (χ3v) is 10.2. The first-order valence-electron chi connectivity index (χ1n) is 18.9. The largest absolute Gasteiger partial charge is 0.493 e. The fourth-order valence-corrected chi connectivity index (χ4v) is 7.00. The van der Waals surface area contributed by atoms with Crippen molar-refractivity contribution in [2.24, 2.45) is 5.73 Å². The number of aliphatic hydroxyl groups is 3. The Hall–Kier alpha value is -5.18. The van der Waals surface area contributed by atoms with Gasteiger partial charge in [0.15, 0.2) is 30.2 Å². The molecule has 2 saturated heterocycles. The Bertz CT molecular complexity index is 2080. The number of primary amides is 1. The van der Waals surface area contributed by atoms with Crippen molar-refractivity contribution in [2.45, 2.75) is 73.6 Å². The molecule has 8 N–H and O–H groups in total. The van der Waals surface area contributed by atoms with Gasteiger partial charge in [-0.1, -0.05) is 23.7 Å². The molecule has 0 bridgehead atoms. The van der Waals surface area contributed by atoms with Crippen molar-refractivity contribution in [3.8, 4) is 17.2 Å². The molecule has 0 unspecified atom stereocenters. The summed E-state index contributed by atoms with van der Waals surface area (Å²) < 4.78 is 128. The molecule has 25 heteroatoms. The zero-order chi connectivity index (χ0) is 47.1. The molecule has 2 fully saturated rings. The van der Waals surface area contributed by atoms with Gasteiger partial charge in [0.1, 0.15) is 43.2 Å². The Balaban J connectivity index is 1.52. The van der Waals surface area contributed by atoms with E-state index >= 15 is 0 Å². The van der Waals surface area contributed by atoms with Crippen molar-refractivity contribution in [2.75, 3.05) is 46.5 Å². The Kier molecular flexibility index (Phi) is 16.5. The average Bonchev–Trinajstić information content (AvgIpc) is 3.25. The van der Waals surface area contributed by atoms with E-state index in [0.29, 0.717) is 18.2 Å². The monoisotopic (exact) mass is 940 g/mol. The van der Waals surface area contributed by atoms with E-state index in [1.165, 1.54) is 14.2 Å². The Morgan fingerprint density at radius 3 is 2.08 bits per heavy atom. The zero-order valence-corrected chi connectivity index (χ0v) is 34.5. The second-order valence-electron chi connectivity index (χ2n) is 13.9. The standard InChI is InChI=1S/C39H43ClF6N4O14/c1-57-22-8-5-9-23(58-2)29(22)60-12-13-61-36-31(26(30(59-3)32(64-36)33(47)54)50-37(56)48-19-10-11-21(40)20(15-19)39(44,45)46)63-35-25(28(53)27(52)24(16-51)62-35)49-34(55)17-6-4-7-18(14-17)38(41,42)43/h4-11,14-15,24-28,30-32,35-36,51-53H,12-13,16H2,1-3H3,(H2,47,54)(H,49,55)(H2,48,50,56)/t24-,25-,26+,27-,28-,30+,31-,32+,35+,36+/m1/s1. The van der Waals surface area contributed by atoms with Crippen LogP contribution in [0.1, 0.15) is 21.5 Å². The third kappa shape index (κ3) is 11.7. The molecule has 0 aromatic heterocycles. The van der Waals surface area contributed by atoms with E-state index in [1.807, 2.05) is 0 Å². The van der Waals surface area contributed by atoms with Gasteiger partial charge < -0.3 is 74.9 Å². The van der Waals surface area contributed by atoms with Crippen molar-refractivity contribution in [3.63, 3.8) is 0 Å². The molecule has 18 nitrogen and oxygen atoms in total. The summed E-state index contributed by atoms with van der Waals surface area (Å²) in [7, 11) is 3.81. The summed E-state index contributed by atoms with van der Waals surface area (Å²) in [6.45, 7) is -1.70. The predicted octanol–water partition coefficient (Wildman–Crippen LogP) is 2.83. The van der Waals surface area contributed by atoms with E-state index < -0.39 is 132 Å². The second-order valence-corrected chi connectivity index (χ2v) is 14.3. The highest BCUT2D eigenvalue weighted by Gasteiger charge is 2.54. The predicted molar refractivity (Wildman–Crippen MR) is 207 cm³/mol. The fraction of sp³-hybridized carbons (Fsp3) is 0.462. The summed E-state index contributed by atoms with van der Waals surface area (Å²) in [4.78, 5) is 40.0. The number of aliphatic hydroxyl groups excluding tert-OH is 3. The lowest BCUT2D eigenvalue weighted by molar-refractivity contribution is -0.336. The summed E-state index contributed by atoms with van der Waals surface area (Å²) in [5.74, 6) is -1.73. The quantitative estimate of drug-likeness (QED) is 0.0807. The third-order valence-electron chi connectivity index (χ3n) is 9.85. The van der Waals surface area contributed by atoms with Gasteiger partial charge in [0.2, 0.25) is 11.7 Å². The summed E-state index contributed by atoms with van der Waals surface area (Å²) >= 11 is 5.74. The van der Waals surface area contributed by atoms with Gasteiger partial charge in [-0.05, 0) is 48.5 Å². The molecule has 2 aliphatic heterocycles. The van der Waals surface area contributed by atoms with Crippen molar-refractivity contribution in [3.05, 3.63) is 82.4 Å². The number of alkyl halides is 6. The number of ether oxygens (including phenoxy) is 8. The van der Waals surface area contributed by atoms with Crippen LogP contribution in [-0.2, 0) is 40.8 Å². The highest BCUT2D eigenvalue weighted by Crippen LogP contribution is 2.38. The van der Waals surface area contributed by atoms with Crippen molar-refractivity contribution in [1.29, 1.82) is 0 Å². The highest BCUT2D eigenvalue weighted by atomic mass is 35.5. The number of nitrogens with one attached hydrogen (secondary N) is 3. The van der Waals surface area contributed by atoms with Gasteiger partial charge in [-0.2, -0.15) is 26.3 Å². The number of carbonyl (C=O) groups excluding carboxylic acids is 3. The van der Waals surface area contributed by atoms with Crippen LogP contribution in [0.5, 0.6) is 17.2 Å². The minimum absolute atomic E-state index is 0.146. The molecule has 0 spiro atoms. The van der Waals surface area contributed by atoms with Crippen molar-refractivity contribution < 1.29 is 93.9 Å². The number of amides is 4. The maximum atomic E-state index is 13.7. The number of methoxy groups -OCH3 is 3. The van der Waals surface area contributed by atoms with Crippen LogP contribution in [0.4, 0.5) is 36.8 Å². The molecular weight excluding hydrogens is 898 g/mol. The first kappa shape index (κ1) is 49.8. The summed E-state index contributed by atoms with van der Waals surface area (Å²) in [5.41, 5.74) is 2.22. The zero-order valence-electron chi connectivity index (χ0n) is 33.7. The molecule has 352 valence electrons. The van der Waals surface area contributed by atoms with Gasteiger partial charge in [0.05, 0.1) is 49.6 Å². The second kappa shape index (κ2) is 21.2. The molecule has 64 heavy (non-hydrogen) atoms. The van der Waals surface area contributed by atoms with Crippen LogP contribution in [0.25, 0.3) is 0 Å².